The number of methoxy groups -OCH3 is 1. The lowest BCUT2D eigenvalue weighted by Crippen LogP contribution is -2.30. The summed E-state index contributed by atoms with van der Waals surface area (Å²) in [5.74, 6) is 0.775. The Labute approximate surface area is 99.7 Å². The van der Waals surface area contributed by atoms with Crippen LogP contribution in [0.4, 0.5) is 0 Å². The van der Waals surface area contributed by atoms with Crippen LogP contribution in [0, 0.1) is 5.41 Å². The molecule has 0 aliphatic carbocycles. The van der Waals surface area contributed by atoms with E-state index in [1.54, 1.807) is 7.11 Å². The zero-order chi connectivity index (χ0) is 11.6. The number of hydrogen-bond donors (Lipinski definition) is 1. The predicted octanol–water partition coefficient (Wildman–Crippen LogP) is 3.05. The first-order chi connectivity index (χ1) is 7.12. The van der Waals surface area contributed by atoms with Crippen LogP contribution in [-0.2, 0) is 4.74 Å². The van der Waals surface area contributed by atoms with Crippen LogP contribution < -0.4 is 5.32 Å². The van der Waals surface area contributed by atoms with Gasteiger partial charge in [-0.15, -0.1) is 11.6 Å². The third kappa shape index (κ3) is 10.5. The van der Waals surface area contributed by atoms with E-state index in [9.17, 15) is 0 Å². The van der Waals surface area contributed by atoms with Crippen molar-refractivity contribution in [3.8, 4) is 0 Å². The lowest BCUT2D eigenvalue weighted by atomic mass is 9.88. The van der Waals surface area contributed by atoms with Gasteiger partial charge in [0.15, 0.2) is 0 Å². The van der Waals surface area contributed by atoms with Gasteiger partial charge in [-0.1, -0.05) is 13.8 Å². The Hall–Kier alpha value is 0.210. The van der Waals surface area contributed by atoms with Crippen molar-refractivity contribution < 1.29 is 4.74 Å². The summed E-state index contributed by atoms with van der Waals surface area (Å²) in [6.45, 7) is 7.63. The van der Waals surface area contributed by atoms with Crippen LogP contribution in [0.15, 0.2) is 0 Å². The van der Waals surface area contributed by atoms with Crippen molar-refractivity contribution in [3.63, 3.8) is 0 Å². The predicted molar refractivity (Wildman–Crippen MR) is 67.7 cm³/mol. The molecule has 1 N–H and O–H groups in total. The Morgan fingerprint density at radius 2 is 1.93 bits per heavy atom. The zero-order valence-corrected chi connectivity index (χ0v) is 11.2. The van der Waals surface area contributed by atoms with E-state index in [1.165, 1.54) is 12.8 Å². The highest BCUT2D eigenvalue weighted by Crippen LogP contribution is 2.21. The lowest BCUT2D eigenvalue weighted by Gasteiger charge is -2.24. The Morgan fingerprint density at radius 3 is 2.53 bits per heavy atom. The van der Waals surface area contributed by atoms with Gasteiger partial charge in [-0.3, -0.25) is 0 Å². The van der Waals surface area contributed by atoms with E-state index in [0.29, 0.717) is 5.41 Å². The van der Waals surface area contributed by atoms with Crippen LogP contribution in [0.25, 0.3) is 0 Å². The SMILES string of the molecule is COCCCCNCC(C)(C)CCCCl. The Kier molecular flexibility index (Phi) is 9.57. The molecule has 3 heteroatoms. The molecule has 0 aromatic heterocycles. The molecule has 2 nitrogen and oxygen atoms in total. The molecule has 0 bridgehead atoms. The van der Waals surface area contributed by atoms with Crippen molar-refractivity contribution in [1.82, 2.24) is 5.32 Å². The molecular weight excluding hydrogens is 210 g/mol. The average molecular weight is 236 g/mol. The van der Waals surface area contributed by atoms with E-state index in [-0.39, 0.29) is 0 Å². The molecule has 0 heterocycles. The second-order valence-electron chi connectivity index (χ2n) is 4.83. The molecule has 15 heavy (non-hydrogen) atoms. The Bertz CT molecular complexity index is 140. The van der Waals surface area contributed by atoms with Gasteiger partial charge < -0.3 is 10.1 Å². The third-order valence-electron chi connectivity index (χ3n) is 2.54. The molecule has 92 valence electrons. The van der Waals surface area contributed by atoms with Gasteiger partial charge in [0, 0.05) is 26.1 Å². The number of unbranched alkanes of at least 4 members (excludes halogenated alkanes) is 1. The van der Waals surface area contributed by atoms with Crippen molar-refractivity contribution in [2.75, 3.05) is 32.7 Å². The summed E-state index contributed by atoms with van der Waals surface area (Å²) in [5, 5.41) is 3.49. The number of nitrogens with one attached hydrogen (secondary N) is 1. The zero-order valence-electron chi connectivity index (χ0n) is 10.4. The maximum atomic E-state index is 5.69. The molecule has 0 aromatic carbocycles. The van der Waals surface area contributed by atoms with E-state index >= 15 is 0 Å². The number of halogens is 1. The summed E-state index contributed by atoms with van der Waals surface area (Å²) < 4.78 is 5.00. The summed E-state index contributed by atoms with van der Waals surface area (Å²) >= 11 is 5.69. The molecule has 0 aromatic rings. The van der Waals surface area contributed by atoms with Crippen LogP contribution in [0.3, 0.4) is 0 Å². The molecule has 0 spiro atoms. The molecule has 0 atom stereocenters. The first-order valence-corrected chi connectivity index (χ1v) is 6.41. The largest absolute Gasteiger partial charge is 0.385 e. The van der Waals surface area contributed by atoms with Crippen LogP contribution in [0.1, 0.15) is 39.5 Å². The third-order valence-corrected chi connectivity index (χ3v) is 2.81. The molecule has 0 saturated heterocycles. The van der Waals surface area contributed by atoms with Crippen LogP contribution in [-0.4, -0.2) is 32.7 Å². The van der Waals surface area contributed by atoms with Crippen LogP contribution in [0.2, 0.25) is 0 Å². The molecule has 0 unspecified atom stereocenters. The van der Waals surface area contributed by atoms with Crippen molar-refractivity contribution in [1.29, 1.82) is 0 Å². The fourth-order valence-corrected chi connectivity index (χ4v) is 1.69. The molecule has 0 rings (SSSR count). The van der Waals surface area contributed by atoms with E-state index < -0.39 is 0 Å². The standard InChI is InChI=1S/C12H26ClNO/c1-12(2,7-6-8-13)11-14-9-4-5-10-15-3/h14H,4-11H2,1-3H3. The highest BCUT2D eigenvalue weighted by molar-refractivity contribution is 6.17. The van der Waals surface area contributed by atoms with Crippen LogP contribution in [0.5, 0.6) is 0 Å². The summed E-state index contributed by atoms with van der Waals surface area (Å²) in [4.78, 5) is 0. The van der Waals surface area contributed by atoms with Gasteiger partial charge in [0.05, 0.1) is 0 Å². The molecule has 0 saturated carbocycles. The monoisotopic (exact) mass is 235 g/mol. The summed E-state index contributed by atoms with van der Waals surface area (Å²) in [5.41, 5.74) is 0.371. The van der Waals surface area contributed by atoms with Gasteiger partial charge in [-0.2, -0.15) is 0 Å². The normalized spacial score (nSPS) is 12.0. The molecule has 0 aliphatic heterocycles. The van der Waals surface area contributed by atoms with Gasteiger partial charge in [-0.25, -0.2) is 0 Å². The minimum Gasteiger partial charge on any atom is -0.385 e. The minimum absolute atomic E-state index is 0.371. The van der Waals surface area contributed by atoms with Crippen LogP contribution >= 0.6 is 11.6 Å². The quantitative estimate of drug-likeness (QED) is 0.464. The minimum atomic E-state index is 0.371. The maximum absolute atomic E-state index is 5.69. The molecule has 0 fully saturated rings. The van der Waals surface area contributed by atoms with E-state index in [2.05, 4.69) is 19.2 Å². The van der Waals surface area contributed by atoms with Gasteiger partial charge >= 0.3 is 0 Å². The van der Waals surface area contributed by atoms with Crippen molar-refractivity contribution in [3.05, 3.63) is 0 Å². The van der Waals surface area contributed by atoms with Gasteiger partial charge in [0.25, 0.3) is 0 Å². The summed E-state index contributed by atoms with van der Waals surface area (Å²) in [6.07, 6.45) is 4.65. The van der Waals surface area contributed by atoms with Crippen molar-refractivity contribution in [2.24, 2.45) is 5.41 Å². The summed E-state index contributed by atoms with van der Waals surface area (Å²) in [6, 6.07) is 0. The van der Waals surface area contributed by atoms with E-state index in [1.807, 2.05) is 0 Å². The van der Waals surface area contributed by atoms with E-state index in [0.717, 1.165) is 38.4 Å². The average Bonchev–Trinajstić information content (AvgIpc) is 2.20. The molecule has 0 amide bonds. The summed E-state index contributed by atoms with van der Waals surface area (Å²) in [7, 11) is 1.75. The molecular formula is C12H26ClNO. The van der Waals surface area contributed by atoms with Gasteiger partial charge in [-0.05, 0) is 37.6 Å². The van der Waals surface area contributed by atoms with Crippen molar-refractivity contribution in [2.45, 2.75) is 39.5 Å². The van der Waals surface area contributed by atoms with Crippen molar-refractivity contribution >= 4 is 11.6 Å². The molecule has 0 radical (unpaired) electrons. The number of hydrogen-bond acceptors (Lipinski definition) is 2. The number of ether oxygens (including phenoxy) is 1. The second-order valence-corrected chi connectivity index (χ2v) is 5.21. The maximum Gasteiger partial charge on any atom is 0.0462 e. The number of alkyl halides is 1. The highest BCUT2D eigenvalue weighted by Gasteiger charge is 2.15. The lowest BCUT2D eigenvalue weighted by molar-refractivity contribution is 0.192. The first kappa shape index (κ1) is 15.2. The van der Waals surface area contributed by atoms with Gasteiger partial charge in [0.1, 0.15) is 0 Å². The highest BCUT2D eigenvalue weighted by atomic mass is 35.5. The Morgan fingerprint density at radius 1 is 1.20 bits per heavy atom. The van der Waals surface area contributed by atoms with Gasteiger partial charge in [0.2, 0.25) is 0 Å². The second kappa shape index (κ2) is 9.44. The van der Waals surface area contributed by atoms with E-state index in [4.69, 9.17) is 16.3 Å². The Balaban J connectivity index is 3.32. The first-order valence-electron chi connectivity index (χ1n) is 5.88. The fraction of sp³-hybridized carbons (Fsp3) is 1.00. The fourth-order valence-electron chi connectivity index (χ4n) is 1.56. The molecule has 0 aliphatic rings. The topological polar surface area (TPSA) is 21.3 Å². The number of rotatable bonds is 10. The smallest absolute Gasteiger partial charge is 0.0462 e.